The molecule has 0 bridgehead atoms. The topological polar surface area (TPSA) is 50.4 Å². The first-order valence-corrected chi connectivity index (χ1v) is 6.04. The van der Waals surface area contributed by atoms with Crippen molar-refractivity contribution in [3.8, 4) is 0 Å². The van der Waals surface area contributed by atoms with E-state index in [1.54, 1.807) is 0 Å². The molecule has 0 aliphatic carbocycles. The lowest BCUT2D eigenvalue weighted by molar-refractivity contribution is 0.154. The summed E-state index contributed by atoms with van der Waals surface area (Å²) in [5.41, 5.74) is 0.764. The third-order valence-corrected chi connectivity index (χ3v) is 2.94. The van der Waals surface area contributed by atoms with Crippen molar-refractivity contribution in [3.05, 3.63) is 30.3 Å². The molecule has 1 heterocycles. The highest BCUT2D eigenvalue weighted by Gasteiger charge is 2.14. The summed E-state index contributed by atoms with van der Waals surface area (Å²) in [5, 5.41) is 5.98. The van der Waals surface area contributed by atoms with Gasteiger partial charge in [0.2, 0.25) is 0 Å². The van der Waals surface area contributed by atoms with Gasteiger partial charge in [-0.15, -0.1) is 0 Å². The van der Waals surface area contributed by atoms with Gasteiger partial charge in [-0.1, -0.05) is 18.2 Å². The molecule has 1 aromatic rings. The SMILES string of the molecule is O=C(Nc1ccccc1)OCCC1CCNC1. The Bertz CT molecular complexity index is 348. The molecule has 1 aliphatic rings. The molecule has 1 fully saturated rings. The van der Waals surface area contributed by atoms with E-state index < -0.39 is 0 Å². The van der Waals surface area contributed by atoms with Crippen molar-refractivity contribution in [1.82, 2.24) is 5.32 Å². The Morgan fingerprint density at radius 1 is 1.41 bits per heavy atom. The monoisotopic (exact) mass is 234 g/mol. The second-order valence-corrected chi connectivity index (χ2v) is 4.27. The lowest BCUT2D eigenvalue weighted by Crippen LogP contribution is -2.16. The van der Waals surface area contributed by atoms with Crippen LogP contribution in [-0.4, -0.2) is 25.8 Å². The number of benzene rings is 1. The van der Waals surface area contributed by atoms with Gasteiger partial charge in [0, 0.05) is 5.69 Å². The van der Waals surface area contributed by atoms with E-state index in [1.807, 2.05) is 30.3 Å². The van der Waals surface area contributed by atoms with Gasteiger partial charge < -0.3 is 10.1 Å². The Morgan fingerprint density at radius 3 is 2.94 bits per heavy atom. The molecule has 1 aliphatic heterocycles. The maximum absolute atomic E-state index is 11.4. The quantitative estimate of drug-likeness (QED) is 0.840. The van der Waals surface area contributed by atoms with Crippen LogP contribution in [0, 0.1) is 5.92 Å². The number of amides is 1. The first kappa shape index (κ1) is 11.9. The van der Waals surface area contributed by atoms with Gasteiger partial charge in [0.05, 0.1) is 6.61 Å². The summed E-state index contributed by atoms with van der Waals surface area (Å²) < 4.78 is 5.13. The average molecular weight is 234 g/mol. The van der Waals surface area contributed by atoms with E-state index in [-0.39, 0.29) is 6.09 Å². The molecule has 0 aromatic heterocycles. The number of hydrogen-bond acceptors (Lipinski definition) is 3. The lowest BCUT2D eigenvalue weighted by Gasteiger charge is -2.09. The molecule has 2 N–H and O–H groups in total. The van der Waals surface area contributed by atoms with Crippen LogP contribution in [0.4, 0.5) is 10.5 Å². The molecule has 0 radical (unpaired) electrons. The van der Waals surface area contributed by atoms with E-state index in [0.29, 0.717) is 12.5 Å². The minimum atomic E-state index is -0.373. The minimum absolute atomic E-state index is 0.373. The average Bonchev–Trinajstić information content (AvgIpc) is 2.83. The molecule has 1 amide bonds. The van der Waals surface area contributed by atoms with Crippen molar-refractivity contribution in [1.29, 1.82) is 0 Å². The third-order valence-electron chi connectivity index (χ3n) is 2.94. The summed E-state index contributed by atoms with van der Waals surface area (Å²) >= 11 is 0. The Balaban J connectivity index is 1.64. The summed E-state index contributed by atoms with van der Waals surface area (Å²) in [6, 6.07) is 9.33. The second kappa shape index (κ2) is 6.25. The molecule has 4 heteroatoms. The van der Waals surface area contributed by atoms with E-state index in [4.69, 9.17) is 4.74 Å². The summed E-state index contributed by atoms with van der Waals surface area (Å²) in [6.07, 6.45) is 1.75. The van der Waals surface area contributed by atoms with Gasteiger partial charge in [-0.25, -0.2) is 4.79 Å². The number of anilines is 1. The summed E-state index contributed by atoms with van der Waals surface area (Å²) in [6.45, 7) is 2.62. The van der Waals surface area contributed by atoms with E-state index >= 15 is 0 Å². The van der Waals surface area contributed by atoms with E-state index in [0.717, 1.165) is 25.2 Å². The number of ether oxygens (including phenoxy) is 1. The molecule has 4 nitrogen and oxygen atoms in total. The van der Waals surface area contributed by atoms with E-state index in [1.165, 1.54) is 6.42 Å². The molecule has 1 aromatic carbocycles. The Labute approximate surface area is 101 Å². The normalized spacial score (nSPS) is 18.9. The van der Waals surface area contributed by atoms with E-state index in [9.17, 15) is 4.79 Å². The van der Waals surface area contributed by atoms with Gasteiger partial charge in [-0.3, -0.25) is 5.32 Å². The predicted octanol–water partition coefficient (Wildman–Crippen LogP) is 2.23. The zero-order valence-corrected chi connectivity index (χ0v) is 9.82. The molecule has 0 saturated carbocycles. The van der Waals surface area contributed by atoms with Gasteiger partial charge >= 0.3 is 6.09 Å². The fourth-order valence-electron chi connectivity index (χ4n) is 1.95. The molecule has 0 spiro atoms. The van der Waals surface area contributed by atoms with Crippen LogP contribution < -0.4 is 10.6 Å². The van der Waals surface area contributed by atoms with Crippen molar-refractivity contribution < 1.29 is 9.53 Å². The van der Waals surface area contributed by atoms with Gasteiger partial charge in [0.25, 0.3) is 0 Å². The third kappa shape index (κ3) is 4.07. The largest absolute Gasteiger partial charge is 0.449 e. The van der Waals surface area contributed by atoms with Crippen LogP contribution in [0.1, 0.15) is 12.8 Å². The van der Waals surface area contributed by atoms with Crippen LogP contribution in [0.15, 0.2) is 30.3 Å². The van der Waals surface area contributed by atoms with Crippen molar-refractivity contribution in [2.75, 3.05) is 25.0 Å². The summed E-state index contributed by atoms with van der Waals surface area (Å²) in [4.78, 5) is 11.4. The van der Waals surface area contributed by atoms with Crippen molar-refractivity contribution in [2.24, 2.45) is 5.92 Å². The Morgan fingerprint density at radius 2 is 2.24 bits per heavy atom. The number of carbonyl (C=O) groups excluding carboxylic acids is 1. The molecule has 1 saturated heterocycles. The Kier molecular flexibility index (Phi) is 4.38. The zero-order valence-electron chi connectivity index (χ0n) is 9.82. The van der Waals surface area contributed by atoms with Gasteiger partial charge in [-0.2, -0.15) is 0 Å². The molecule has 92 valence electrons. The maximum atomic E-state index is 11.4. The highest BCUT2D eigenvalue weighted by molar-refractivity contribution is 5.84. The number of nitrogens with one attached hydrogen (secondary N) is 2. The predicted molar refractivity (Wildman–Crippen MR) is 67.0 cm³/mol. The molecule has 2 rings (SSSR count). The maximum Gasteiger partial charge on any atom is 0.411 e. The highest BCUT2D eigenvalue weighted by atomic mass is 16.5. The van der Waals surface area contributed by atoms with Gasteiger partial charge in [0.15, 0.2) is 0 Å². The second-order valence-electron chi connectivity index (χ2n) is 4.27. The molecule has 1 unspecified atom stereocenters. The van der Waals surface area contributed by atoms with Gasteiger partial charge in [0.1, 0.15) is 0 Å². The highest BCUT2D eigenvalue weighted by Crippen LogP contribution is 2.12. The summed E-state index contributed by atoms with van der Waals surface area (Å²) in [5.74, 6) is 0.652. The molecular formula is C13H18N2O2. The van der Waals surface area contributed by atoms with Crippen LogP contribution in [0.2, 0.25) is 0 Å². The fourth-order valence-corrected chi connectivity index (χ4v) is 1.95. The van der Waals surface area contributed by atoms with Crippen molar-refractivity contribution in [2.45, 2.75) is 12.8 Å². The first-order valence-electron chi connectivity index (χ1n) is 6.04. The molecule has 1 atom stereocenters. The smallest absolute Gasteiger partial charge is 0.411 e. The van der Waals surface area contributed by atoms with Crippen LogP contribution in [0.5, 0.6) is 0 Å². The number of hydrogen-bond donors (Lipinski definition) is 2. The molecular weight excluding hydrogens is 216 g/mol. The number of carbonyl (C=O) groups is 1. The minimum Gasteiger partial charge on any atom is -0.449 e. The van der Waals surface area contributed by atoms with Crippen LogP contribution in [-0.2, 0) is 4.74 Å². The van der Waals surface area contributed by atoms with Crippen LogP contribution >= 0.6 is 0 Å². The van der Waals surface area contributed by atoms with Crippen LogP contribution in [0.25, 0.3) is 0 Å². The number of rotatable bonds is 4. The number of para-hydroxylation sites is 1. The Hall–Kier alpha value is -1.55. The first-order chi connectivity index (χ1) is 8.34. The van der Waals surface area contributed by atoms with E-state index in [2.05, 4.69) is 10.6 Å². The molecule has 17 heavy (non-hydrogen) atoms. The standard InChI is InChI=1S/C13H18N2O2/c16-13(15-12-4-2-1-3-5-12)17-9-7-11-6-8-14-10-11/h1-5,11,14H,6-10H2,(H,15,16). The van der Waals surface area contributed by atoms with Crippen molar-refractivity contribution >= 4 is 11.8 Å². The zero-order chi connectivity index (χ0) is 11.9. The fraction of sp³-hybridized carbons (Fsp3) is 0.462. The van der Waals surface area contributed by atoms with Crippen molar-refractivity contribution in [3.63, 3.8) is 0 Å². The van der Waals surface area contributed by atoms with Crippen LogP contribution in [0.3, 0.4) is 0 Å². The lowest BCUT2D eigenvalue weighted by atomic mass is 10.1. The summed E-state index contributed by atoms with van der Waals surface area (Å²) in [7, 11) is 0. The van der Waals surface area contributed by atoms with Gasteiger partial charge in [-0.05, 0) is 44.0 Å².